The summed E-state index contributed by atoms with van der Waals surface area (Å²) in [5.41, 5.74) is -1.14. The van der Waals surface area contributed by atoms with Crippen LogP contribution >= 0.6 is 34.2 Å². The molecule has 19 heavy (non-hydrogen) atoms. The average molecular weight is 401 g/mol. The molecule has 0 aliphatic rings. The Morgan fingerprint density at radius 1 is 1.16 bits per heavy atom. The summed E-state index contributed by atoms with van der Waals surface area (Å²) in [6.45, 7) is 0. The minimum atomic E-state index is -4.60. The van der Waals surface area contributed by atoms with Crippen LogP contribution < -0.4 is 4.74 Å². The Kier molecular flexibility index (Phi) is 4.14. The molecule has 1 aromatic heterocycles. The number of hydrogen-bond acceptors (Lipinski definition) is 3. The highest BCUT2D eigenvalue weighted by Crippen LogP contribution is 2.32. The summed E-state index contributed by atoms with van der Waals surface area (Å²) < 4.78 is 43.7. The third-order valence-electron chi connectivity index (χ3n) is 2.02. The monoisotopic (exact) mass is 400 g/mol. The lowest BCUT2D eigenvalue weighted by molar-refractivity contribution is -0.141. The standard InChI is InChI=1S/C11H5ClF3IN2O/c12-10-17-8(11(13,14)15)5-9(18-10)19-7-4-2-1-3-6(7)16/h1-5H. The van der Waals surface area contributed by atoms with Crippen LogP contribution in [0.15, 0.2) is 30.3 Å². The van der Waals surface area contributed by atoms with Gasteiger partial charge in [-0.25, -0.2) is 4.98 Å². The quantitative estimate of drug-likeness (QED) is 0.548. The van der Waals surface area contributed by atoms with Crippen molar-refractivity contribution in [1.29, 1.82) is 0 Å². The molecule has 2 rings (SSSR count). The highest BCUT2D eigenvalue weighted by Gasteiger charge is 2.34. The number of nitrogens with zero attached hydrogens (tertiary/aromatic N) is 2. The first-order chi connectivity index (χ1) is 8.86. The first-order valence-corrected chi connectivity index (χ1v) is 6.36. The van der Waals surface area contributed by atoms with Crippen LogP contribution in [-0.2, 0) is 6.18 Å². The van der Waals surface area contributed by atoms with Gasteiger partial charge in [-0.3, -0.25) is 0 Å². The highest BCUT2D eigenvalue weighted by molar-refractivity contribution is 14.1. The number of aromatic nitrogens is 2. The maximum absolute atomic E-state index is 12.6. The van der Waals surface area contributed by atoms with Crippen LogP contribution in [0.4, 0.5) is 13.2 Å². The molecule has 100 valence electrons. The maximum Gasteiger partial charge on any atom is 0.433 e. The van der Waals surface area contributed by atoms with Crippen molar-refractivity contribution in [2.45, 2.75) is 6.18 Å². The number of halogens is 5. The highest BCUT2D eigenvalue weighted by atomic mass is 127. The van der Waals surface area contributed by atoms with Crippen molar-refractivity contribution in [1.82, 2.24) is 9.97 Å². The summed E-state index contributed by atoms with van der Waals surface area (Å²) in [4.78, 5) is 6.73. The van der Waals surface area contributed by atoms with Crippen molar-refractivity contribution in [3.63, 3.8) is 0 Å². The fraction of sp³-hybridized carbons (Fsp3) is 0.0909. The summed E-state index contributed by atoms with van der Waals surface area (Å²) in [7, 11) is 0. The molecule has 0 fully saturated rings. The van der Waals surface area contributed by atoms with Crippen LogP contribution in [0.3, 0.4) is 0 Å². The number of ether oxygens (including phenoxy) is 1. The molecule has 0 spiro atoms. The fourth-order valence-corrected chi connectivity index (χ4v) is 1.91. The van der Waals surface area contributed by atoms with Crippen molar-refractivity contribution in [3.8, 4) is 11.6 Å². The zero-order chi connectivity index (χ0) is 14.0. The van der Waals surface area contributed by atoms with Crippen molar-refractivity contribution in [3.05, 3.63) is 44.9 Å². The van der Waals surface area contributed by atoms with Gasteiger partial charge in [0.25, 0.3) is 0 Å². The lowest BCUT2D eigenvalue weighted by Gasteiger charge is -2.10. The number of para-hydroxylation sites is 1. The number of hydrogen-bond donors (Lipinski definition) is 0. The van der Waals surface area contributed by atoms with Gasteiger partial charge in [0, 0.05) is 6.07 Å². The van der Waals surface area contributed by atoms with E-state index in [1.54, 1.807) is 24.3 Å². The van der Waals surface area contributed by atoms with Crippen molar-refractivity contribution >= 4 is 34.2 Å². The normalized spacial score (nSPS) is 11.4. The second kappa shape index (κ2) is 5.49. The smallest absolute Gasteiger partial charge is 0.433 e. The summed E-state index contributed by atoms with van der Waals surface area (Å²) in [6.07, 6.45) is -4.60. The first-order valence-electron chi connectivity index (χ1n) is 4.90. The molecule has 0 radical (unpaired) electrons. The predicted molar refractivity (Wildman–Crippen MR) is 71.3 cm³/mol. The summed E-state index contributed by atoms with van der Waals surface area (Å²) in [5.74, 6) is 0.141. The molecule has 1 heterocycles. The van der Waals surface area contributed by atoms with E-state index in [1.165, 1.54) is 0 Å². The molecule has 0 atom stereocenters. The van der Waals surface area contributed by atoms with Crippen LogP contribution in [0.5, 0.6) is 11.6 Å². The molecule has 0 saturated carbocycles. The second-order valence-corrected chi connectivity index (χ2v) is 4.89. The predicted octanol–water partition coefficient (Wildman–Crippen LogP) is 4.55. The minimum Gasteiger partial charge on any atom is -0.438 e. The van der Waals surface area contributed by atoms with E-state index in [4.69, 9.17) is 16.3 Å². The van der Waals surface area contributed by atoms with Gasteiger partial charge in [-0.05, 0) is 46.3 Å². The van der Waals surface area contributed by atoms with Gasteiger partial charge in [0.2, 0.25) is 11.2 Å². The Morgan fingerprint density at radius 2 is 1.84 bits per heavy atom. The zero-order valence-corrected chi connectivity index (χ0v) is 12.0. The van der Waals surface area contributed by atoms with Crippen molar-refractivity contribution in [2.24, 2.45) is 0 Å². The van der Waals surface area contributed by atoms with Gasteiger partial charge < -0.3 is 4.74 Å². The molecule has 2 aromatic rings. The van der Waals surface area contributed by atoms with Gasteiger partial charge in [0.15, 0.2) is 5.69 Å². The zero-order valence-electron chi connectivity index (χ0n) is 9.08. The van der Waals surface area contributed by atoms with Gasteiger partial charge in [-0.2, -0.15) is 18.2 Å². The van der Waals surface area contributed by atoms with Crippen LogP contribution in [0.25, 0.3) is 0 Å². The van der Waals surface area contributed by atoms with Crippen LogP contribution in [0.1, 0.15) is 5.69 Å². The molecule has 0 saturated heterocycles. The lowest BCUT2D eigenvalue weighted by atomic mass is 10.3. The second-order valence-electron chi connectivity index (χ2n) is 3.39. The fourth-order valence-electron chi connectivity index (χ4n) is 1.23. The molecule has 0 bridgehead atoms. The van der Waals surface area contributed by atoms with Crippen LogP contribution in [0, 0.1) is 3.57 Å². The molecule has 8 heteroatoms. The Balaban J connectivity index is 2.36. The van der Waals surface area contributed by atoms with E-state index in [1.807, 2.05) is 22.6 Å². The number of rotatable bonds is 2. The van der Waals surface area contributed by atoms with Crippen molar-refractivity contribution < 1.29 is 17.9 Å². The van der Waals surface area contributed by atoms with Gasteiger partial charge >= 0.3 is 6.18 Å². The summed E-state index contributed by atoms with van der Waals surface area (Å²) in [5, 5.41) is -0.518. The molecule has 0 aliphatic carbocycles. The Morgan fingerprint density at radius 3 is 2.47 bits per heavy atom. The van der Waals surface area contributed by atoms with E-state index in [-0.39, 0.29) is 5.88 Å². The van der Waals surface area contributed by atoms with Crippen LogP contribution in [-0.4, -0.2) is 9.97 Å². The van der Waals surface area contributed by atoms with Gasteiger partial charge in [-0.1, -0.05) is 12.1 Å². The lowest BCUT2D eigenvalue weighted by Crippen LogP contribution is -2.09. The SMILES string of the molecule is FC(F)(F)c1cc(Oc2ccccc2I)nc(Cl)n1. The molecule has 0 aliphatic heterocycles. The van der Waals surface area contributed by atoms with E-state index >= 15 is 0 Å². The number of benzene rings is 1. The Hall–Kier alpha value is -1.09. The Labute approximate surface area is 124 Å². The molecular weight excluding hydrogens is 395 g/mol. The van der Waals surface area contributed by atoms with Gasteiger partial charge in [0.1, 0.15) is 5.75 Å². The molecule has 3 nitrogen and oxygen atoms in total. The van der Waals surface area contributed by atoms with Crippen LogP contribution in [0.2, 0.25) is 5.28 Å². The molecular formula is C11H5ClF3IN2O. The third kappa shape index (κ3) is 3.69. The summed E-state index contributed by atoms with van der Waals surface area (Å²) in [6, 6.07) is 7.55. The minimum absolute atomic E-state index is 0.253. The number of alkyl halides is 3. The van der Waals surface area contributed by atoms with E-state index in [2.05, 4.69) is 9.97 Å². The molecule has 0 amide bonds. The first kappa shape index (κ1) is 14.3. The topological polar surface area (TPSA) is 35.0 Å². The van der Waals surface area contributed by atoms with Gasteiger partial charge in [0.05, 0.1) is 3.57 Å². The summed E-state index contributed by atoms with van der Waals surface area (Å²) >= 11 is 7.46. The molecule has 0 N–H and O–H groups in total. The third-order valence-corrected chi connectivity index (χ3v) is 3.08. The average Bonchev–Trinajstić information content (AvgIpc) is 2.30. The maximum atomic E-state index is 12.6. The van der Waals surface area contributed by atoms with E-state index < -0.39 is 17.2 Å². The van der Waals surface area contributed by atoms with E-state index in [9.17, 15) is 13.2 Å². The molecule has 0 unspecified atom stereocenters. The largest absolute Gasteiger partial charge is 0.438 e. The Bertz CT molecular complexity index is 607. The van der Waals surface area contributed by atoms with E-state index in [0.717, 1.165) is 3.57 Å². The van der Waals surface area contributed by atoms with Crippen molar-refractivity contribution in [2.75, 3.05) is 0 Å². The van der Waals surface area contributed by atoms with E-state index in [0.29, 0.717) is 11.8 Å². The van der Waals surface area contributed by atoms with Gasteiger partial charge in [-0.15, -0.1) is 0 Å². The molecule has 1 aromatic carbocycles.